The minimum absolute atomic E-state index is 0.0540. The molecule has 24 heavy (non-hydrogen) atoms. The van der Waals surface area contributed by atoms with Crippen LogP contribution in [0, 0.1) is 17.1 Å². The summed E-state index contributed by atoms with van der Waals surface area (Å²) in [5.74, 6) is -1.09. The van der Waals surface area contributed by atoms with Gasteiger partial charge < -0.3 is 9.47 Å². The van der Waals surface area contributed by atoms with Crippen molar-refractivity contribution in [1.29, 1.82) is 5.26 Å². The number of halogens is 1. The standard InChI is InChI=1S/C19H18FNO3/c1-23-16-9-5-13(6-10-16)17(11-19(22)24-2)18(12-21)14-3-7-15(20)8-4-14/h3-10,17-18H,11H2,1-2H3. The summed E-state index contributed by atoms with van der Waals surface area (Å²) in [7, 11) is 2.88. The Balaban J connectivity index is 2.40. The molecule has 0 saturated heterocycles. The Hall–Kier alpha value is -2.87. The third-order valence-electron chi connectivity index (χ3n) is 3.93. The van der Waals surface area contributed by atoms with Crippen molar-refractivity contribution in [3.8, 4) is 11.8 Å². The van der Waals surface area contributed by atoms with Crippen molar-refractivity contribution >= 4 is 5.97 Å². The maximum absolute atomic E-state index is 13.2. The lowest BCUT2D eigenvalue weighted by Crippen LogP contribution is -2.15. The molecule has 0 spiro atoms. The van der Waals surface area contributed by atoms with Gasteiger partial charge in [0.1, 0.15) is 11.6 Å². The Morgan fingerprint density at radius 2 is 1.67 bits per heavy atom. The second-order valence-corrected chi connectivity index (χ2v) is 5.32. The van der Waals surface area contributed by atoms with Gasteiger partial charge >= 0.3 is 5.97 Å². The Bertz CT molecular complexity index is 720. The molecule has 2 unspecified atom stereocenters. The molecule has 0 heterocycles. The second-order valence-electron chi connectivity index (χ2n) is 5.32. The molecule has 0 bridgehead atoms. The summed E-state index contributed by atoms with van der Waals surface area (Å²) < 4.78 is 23.1. The van der Waals surface area contributed by atoms with Crippen LogP contribution in [0.4, 0.5) is 4.39 Å². The van der Waals surface area contributed by atoms with E-state index in [4.69, 9.17) is 9.47 Å². The molecule has 0 radical (unpaired) electrons. The molecule has 0 aliphatic rings. The van der Waals surface area contributed by atoms with Gasteiger partial charge in [-0.3, -0.25) is 4.79 Å². The van der Waals surface area contributed by atoms with E-state index in [9.17, 15) is 14.4 Å². The monoisotopic (exact) mass is 327 g/mol. The largest absolute Gasteiger partial charge is 0.497 e. The van der Waals surface area contributed by atoms with E-state index in [0.717, 1.165) is 5.56 Å². The highest BCUT2D eigenvalue weighted by Crippen LogP contribution is 2.36. The molecule has 0 aliphatic heterocycles. The third kappa shape index (κ3) is 4.11. The molecular formula is C19H18FNO3. The zero-order valence-electron chi connectivity index (χ0n) is 13.5. The summed E-state index contributed by atoms with van der Waals surface area (Å²) in [6.45, 7) is 0. The molecule has 0 aliphatic carbocycles. The Labute approximate surface area is 140 Å². The first-order valence-corrected chi connectivity index (χ1v) is 7.45. The van der Waals surface area contributed by atoms with E-state index in [1.807, 2.05) is 12.1 Å². The van der Waals surface area contributed by atoms with E-state index in [1.54, 1.807) is 31.4 Å². The fourth-order valence-corrected chi connectivity index (χ4v) is 2.61. The predicted octanol–water partition coefficient (Wildman–Crippen LogP) is 3.79. The summed E-state index contributed by atoms with van der Waals surface area (Å²) in [5.41, 5.74) is 1.47. The van der Waals surface area contributed by atoms with Gasteiger partial charge in [0.25, 0.3) is 0 Å². The van der Waals surface area contributed by atoms with Crippen molar-refractivity contribution in [3.05, 3.63) is 65.5 Å². The quantitative estimate of drug-likeness (QED) is 0.758. The SMILES string of the molecule is COC(=O)CC(c1ccc(OC)cc1)C(C#N)c1ccc(F)cc1. The summed E-state index contributed by atoms with van der Waals surface area (Å²) in [6.07, 6.45) is 0.0540. The third-order valence-corrected chi connectivity index (χ3v) is 3.93. The number of nitriles is 1. The lowest BCUT2D eigenvalue weighted by Gasteiger charge is -2.22. The van der Waals surface area contributed by atoms with Crippen LogP contribution in [0.25, 0.3) is 0 Å². The highest BCUT2D eigenvalue weighted by molar-refractivity contribution is 5.71. The first kappa shape index (κ1) is 17.5. The predicted molar refractivity (Wildman–Crippen MR) is 87.1 cm³/mol. The van der Waals surface area contributed by atoms with E-state index < -0.39 is 17.8 Å². The lowest BCUT2D eigenvalue weighted by atomic mass is 9.80. The number of rotatable bonds is 6. The van der Waals surface area contributed by atoms with Gasteiger partial charge in [-0.1, -0.05) is 24.3 Å². The first-order chi connectivity index (χ1) is 11.6. The molecule has 0 amide bonds. The van der Waals surface area contributed by atoms with Crippen molar-refractivity contribution < 1.29 is 18.7 Å². The Morgan fingerprint density at radius 1 is 1.08 bits per heavy atom. The molecule has 0 fully saturated rings. The summed E-state index contributed by atoms with van der Waals surface area (Å²) in [5, 5.41) is 9.65. The van der Waals surface area contributed by atoms with Crippen molar-refractivity contribution in [2.75, 3.05) is 14.2 Å². The highest BCUT2D eigenvalue weighted by atomic mass is 19.1. The molecule has 5 heteroatoms. The first-order valence-electron chi connectivity index (χ1n) is 7.45. The van der Waals surface area contributed by atoms with Crippen molar-refractivity contribution in [3.63, 3.8) is 0 Å². The van der Waals surface area contributed by atoms with Gasteiger partial charge in [-0.25, -0.2) is 4.39 Å². The Kier molecular flexibility index (Phi) is 5.91. The number of carbonyl (C=O) groups is 1. The van der Waals surface area contributed by atoms with Crippen LogP contribution in [0.3, 0.4) is 0 Å². The van der Waals surface area contributed by atoms with Crippen LogP contribution >= 0.6 is 0 Å². The van der Waals surface area contributed by atoms with Crippen molar-refractivity contribution in [2.45, 2.75) is 18.3 Å². The number of esters is 1. The number of ether oxygens (including phenoxy) is 2. The van der Waals surface area contributed by atoms with Crippen LogP contribution in [0.1, 0.15) is 29.4 Å². The summed E-state index contributed by atoms with van der Waals surface area (Å²) in [4.78, 5) is 11.8. The molecule has 2 aromatic rings. The van der Waals surface area contributed by atoms with E-state index in [0.29, 0.717) is 11.3 Å². The minimum atomic E-state index is -0.599. The van der Waals surface area contributed by atoms with E-state index in [-0.39, 0.29) is 12.2 Å². The number of hydrogen-bond acceptors (Lipinski definition) is 4. The second kappa shape index (κ2) is 8.11. The highest BCUT2D eigenvalue weighted by Gasteiger charge is 2.27. The van der Waals surface area contributed by atoms with Gasteiger partial charge in [0, 0.05) is 5.92 Å². The number of benzene rings is 2. The van der Waals surface area contributed by atoms with Crippen LogP contribution in [0.2, 0.25) is 0 Å². The summed E-state index contributed by atoms with van der Waals surface area (Å²) in [6, 6.07) is 15.2. The van der Waals surface area contributed by atoms with Gasteiger partial charge in [-0.05, 0) is 35.4 Å². The van der Waals surface area contributed by atoms with Gasteiger partial charge in [0.05, 0.1) is 32.6 Å². The van der Waals surface area contributed by atoms with Crippen molar-refractivity contribution in [2.24, 2.45) is 0 Å². The molecule has 2 rings (SSSR count). The van der Waals surface area contributed by atoms with Gasteiger partial charge in [-0.2, -0.15) is 5.26 Å². The van der Waals surface area contributed by atoms with Crippen LogP contribution in [-0.4, -0.2) is 20.2 Å². The molecular weight excluding hydrogens is 309 g/mol. The fourth-order valence-electron chi connectivity index (χ4n) is 2.61. The van der Waals surface area contributed by atoms with E-state index >= 15 is 0 Å². The fraction of sp³-hybridized carbons (Fsp3) is 0.263. The van der Waals surface area contributed by atoms with Crippen LogP contribution < -0.4 is 4.74 Å². The van der Waals surface area contributed by atoms with E-state index in [2.05, 4.69) is 6.07 Å². The average molecular weight is 327 g/mol. The topological polar surface area (TPSA) is 59.3 Å². The van der Waals surface area contributed by atoms with Gasteiger partial charge in [0.15, 0.2) is 0 Å². The van der Waals surface area contributed by atoms with Crippen LogP contribution in [0.5, 0.6) is 5.75 Å². The summed E-state index contributed by atoms with van der Waals surface area (Å²) >= 11 is 0. The molecule has 124 valence electrons. The maximum atomic E-state index is 13.2. The van der Waals surface area contributed by atoms with Crippen LogP contribution in [-0.2, 0) is 9.53 Å². The number of hydrogen-bond donors (Lipinski definition) is 0. The zero-order chi connectivity index (χ0) is 17.5. The number of methoxy groups -OCH3 is 2. The molecule has 2 atom stereocenters. The molecule has 0 aromatic heterocycles. The maximum Gasteiger partial charge on any atom is 0.306 e. The van der Waals surface area contributed by atoms with E-state index in [1.165, 1.54) is 19.2 Å². The average Bonchev–Trinajstić information content (AvgIpc) is 2.62. The normalized spacial score (nSPS) is 12.8. The van der Waals surface area contributed by atoms with Crippen LogP contribution in [0.15, 0.2) is 48.5 Å². The Morgan fingerprint density at radius 3 is 2.17 bits per heavy atom. The van der Waals surface area contributed by atoms with Crippen molar-refractivity contribution in [1.82, 2.24) is 0 Å². The lowest BCUT2D eigenvalue weighted by molar-refractivity contribution is -0.141. The molecule has 4 nitrogen and oxygen atoms in total. The smallest absolute Gasteiger partial charge is 0.306 e. The molecule has 0 N–H and O–H groups in total. The number of carbonyl (C=O) groups excluding carboxylic acids is 1. The van der Waals surface area contributed by atoms with Gasteiger partial charge in [0.2, 0.25) is 0 Å². The number of nitrogens with zero attached hydrogens (tertiary/aromatic N) is 1. The molecule has 0 saturated carbocycles. The zero-order valence-corrected chi connectivity index (χ0v) is 13.5. The minimum Gasteiger partial charge on any atom is -0.497 e. The van der Waals surface area contributed by atoms with Gasteiger partial charge in [-0.15, -0.1) is 0 Å². The molecule has 2 aromatic carbocycles.